The summed E-state index contributed by atoms with van der Waals surface area (Å²) in [6.45, 7) is 0. The lowest BCUT2D eigenvalue weighted by Gasteiger charge is -2.28. The van der Waals surface area contributed by atoms with Crippen LogP contribution in [0.3, 0.4) is 0 Å². The molecule has 3 heteroatoms. The van der Waals surface area contributed by atoms with E-state index in [-0.39, 0.29) is 0 Å². The first-order chi connectivity index (χ1) is 34.2. The largest absolute Gasteiger partial charge is 0.455 e. The fraction of sp³-hybridized carbons (Fsp3) is 0. The maximum atomic E-state index is 6.67. The quantitative estimate of drug-likeness (QED) is 0.149. The number of fused-ring (bicyclic) bond motifs is 10. The van der Waals surface area contributed by atoms with E-state index < -0.39 is 0 Å². The first kappa shape index (κ1) is 39.0. The first-order valence-corrected chi connectivity index (χ1v) is 23.6. The molecule has 0 fully saturated rings. The lowest BCUT2D eigenvalue weighted by atomic mass is 9.89. The SMILES string of the molecule is c1cc(-c2ccc(N(c3ccc(-c4ccc5ccccc5c4-c4cccc5c4oc4ccccc45)cc3)c3cc4ccccc4c4ccccc34)cc2)cc(-c2cccc3c2oc2ccccc23)c1. The van der Waals surface area contributed by atoms with E-state index in [1.54, 1.807) is 0 Å². The van der Waals surface area contributed by atoms with Crippen LogP contribution in [0, 0.1) is 0 Å². The molecule has 0 saturated heterocycles. The maximum absolute atomic E-state index is 6.67. The zero-order valence-corrected chi connectivity index (χ0v) is 37.4. The Kier molecular flexibility index (Phi) is 8.90. The van der Waals surface area contributed by atoms with Crippen LogP contribution in [0.4, 0.5) is 17.1 Å². The minimum Gasteiger partial charge on any atom is -0.455 e. The zero-order chi connectivity index (χ0) is 45.4. The molecule has 2 heterocycles. The zero-order valence-electron chi connectivity index (χ0n) is 37.4. The van der Waals surface area contributed by atoms with Gasteiger partial charge in [0.25, 0.3) is 0 Å². The highest BCUT2D eigenvalue weighted by Gasteiger charge is 2.21. The van der Waals surface area contributed by atoms with Crippen molar-refractivity contribution < 1.29 is 8.83 Å². The Morgan fingerprint density at radius 1 is 0.261 bits per heavy atom. The lowest BCUT2D eigenvalue weighted by Crippen LogP contribution is -2.10. The van der Waals surface area contributed by atoms with Gasteiger partial charge >= 0.3 is 0 Å². The molecule has 0 atom stereocenters. The van der Waals surface area contributed by atoms with Gasteiger partial charge in [-0.25, -0.2) is 0 Å². The highest BCUT2D eigenvalue weighted by Crippen LogP contribution is 2.46. The Balaban J connectivity index is 0.902. The van der Waals surface area contributed by atoms with Crippen LogP contribution in [0.15, 0.2) is 258 Å². The molecule has 12 aromatic carbocycles. The Bertz CT molecular complexity index is 4310. The molecule has 0 bridgehead atoms. The van der Waals surface area contributed by atoms with Crippen molar-refractivity contribution in [2.24, 2.45) is 0 Å². The number of anilines is 3. The minimum atomic E-state index is 0.894. The molecule has 0 aliphatic carbocycles. The number of hydrogen-bond acceptors (Lipinski definition) is 3. The van der Waals surface area contributed by atoms with Crippen LogP contribution in [0.2, 0.25) is 0 Å². The van der Waals surface area contributed by atoms with Gasteiger partial charge in [-0.15, -0.1) is 0 Å². The van der Waals surface area contributed by atoms with Gasteiger partial charge in [-0.3, -0.25) is 0 Å². The molecule has 14 rings (SSSR count). The van der Waals surface area contributed by atoms with E-state index in [9.17, 15) is 0 Å². The van der Waals surface area contributed by atoms with Crippen LogP contribution in [-0.2, 0) is 0 Å². The van der Waals surface area contributed by atoms with Crippen molar-refractivity contribution in [1.82, 2.24) is 0 Å². The van der Waals surface area contributed by atoms with Crippen LogP contribution in [-0.4, -0.2) is 0 Å². The molecule has 0 amide bonds. The summed E-state index contributed by atoms with van der Waals surface area (Å²) in [5.74, 6) is 0. The summed E-state index contributed by atoms with van der Waals surface area (Å²) in [4.78, 5) is 2.41. The van der Waals surface area contributed by atoms with Crippen molar-refractivity contribution in [3.63, 3.8) is 0 Å². The summed E-state index contributed by atoms with van der Waals surface area (Å²) in [7, 11) is 0. The molecule has 0 radical (unpaired) electrons. The van der Waals surface area contributed by atoms with Crippen molar-refractivity contribution in [3.8, 4) is 44.5 Å². The predicted molar refractivity (Wildman–Crippen MR) is 290 cm³/mol. The predicted octanol–water partition coefficient (Wildman–Crippen LogP) is 19.1. The van der Waals surface area contributed by atoms with Gasteiger partial charge in [-0.2, -0.15) is 0 Å². The van der Waals surface area contributed by atoms with Crippen LogP contribution in [0.1, 0.15) is 0 Å². The van der Waals surface area contributed by atoms with Gasteiger partial charge in [-0.1, -0.05) is 200 Å². The number of benzene rings is 12. The maximum Gasteiger partial charge on any atom is 0.143 e. The third-order valence-corrected chi connectivity index (χ3v) is 14.1. The van der Waals surface area contributed by atoms with E-state index in [2.05, 4.69) is 235 Å². The van der Waals surface area contributed by atoms with Crippen molar-refractivity contribution in [2.75, 3.05) is 4.90 Å². The number of nitrogens with zero attached hydrogens (tertiary/aromatic N) is 1. The smallest absolute Gasteiger partial charge is 0.143 e. The van der Waals surface area contributed by atoms with Gasteiger partial charge < -0.3 is 13.7 Å². The van der Waals surface area contributed by atoms with Gasteiger partial charge in [0.1, 0.15) is 22.3 Å². The van der Waals surface area contributed by atoms with Crippen molar-refractivity contribution in [2.45, 2.75) is 0 Å². The first-order valence-electron chi connectivity index (χ1n) is 23.6. The Labute approximate surface area is 398 Å². The second kappa shape index (κ2) is 15.7. The van der Waals surface area contributed by atoms with Gasteiger partial charge in [0.15, 0.2) is 0 Å². The summed E-state index contributed by atoms with van der Waals surface area (Å²) in [5, 5.41) is 11.7. The minimum absolute atomic E-state index is 0.894. The molecule has 3 nitrogen and oxygen atoms in total. The number of furan rings is 2. The molecular weight excluding hydrogens is 839 g/mol. The highest BCUT2D eigenvalue weighted by molar-refractivity contribution is 6.16. The summed E-state index contributed by atoms with van der Waals surface area (Å²) in [5.41, 5.74) is 15.9. The average molecular weight is 880 g/mol. The van der Waals surface area contributed by atoms with Gasteiger partial charge in [0.2, 0.25) is 0 Å². The topological polar surface area (TPSA) is 29.5 Å². The summed E-state index contributed by atoms with van der Waals surface area (Å²) >= 11 is 0. The summed E-state index contributed by atoms with van der Waals surface area (Å²) in [6, 6.07) is 89.5. The molecule has 0 unspecified atom stereocenters. The lowest BCUT2D eigenvalue weighted by molar-refractivity contribution is 0.669. The number of para-hydroxylation sites is 4. The Morgan fingerprint density at radius 3 is 1.46 bits per heavy atom. The van der Waals surface area contributed by atoms with Crippen molar-refractivity contribution >= 4 is 93.3 Å². The van der Waals surface area contributed by atoms with E-state index in [4.69, 9.17) is 8.83 Å². The van der Waals surface area contributed by atoms with E-state index in [1.165, 1.54) is 32.3 Å². The van der Waals surface area contributed by atoms with Gasteiger partial charge in [-0.05, 0) is 103 Å². The third kappa shape index (κ3) is 6.36. The molecule has 0 spiro atoms. The molecular formula is C66H41NO2. The fourth-order valence-electron chi connectivity index (χ4n) is 10.8. The molecule has 0 aliphatic heterocycles. The van der Waals surface area contributed by atoms with Crippen LogP contribution >= 0.6 is 0 Å². The monoisotopic (exact) mass is 879 g/mol. The molecule has 0 aliphatic rings. The Morgan fingerprint density at radius 2 is 0.768 bits per heavy atom. The molecule has 0 N–H and O–H groups in total. The molecule has 0 saturated carbocycles. The second-order valence-electron chi connectivity index (χ2n) is 17.9. The normalized spacial score (nSPS) is 11.8. The molecule has 2 aromatic heterocycles. The Hall–Kier alpha value is -9.18. The van der Waals surface area contributed by atoms with E-state index >= 15 is 0 Å². The van der Waals surface area contributed by atoms with E-state index in [1.807, 2.05) is 18.2 Å². The molecule has 322 valence electrons. The fourth-order valence-corrected chi connectivity index (χ4v) is 10.8. The second-order valence-corrected chi connectivity index (χ2v) is 17.9. The van der Waals surface area contributed by atoms with Crippen LogP contribution in [0.25, 0.3) is 121 Å². The third-order valence-electron chi connectivity index (χ3n) is 14.1. The molecule has 14 aromatic rings. The van der Waals surface area contributed by atoms with Crippen LogP contribution < -0.4 is 4.90 Å². The highest BCUT2D eigenvalue weighted by atomic mass is 16.3. The molecule has 69 heavy (non-hydrogen) atoms. The summed E-state index contributed by atoms with van der Waals surface area (Å²) in [6.07, 6.45) is 0. The van der Waals surface area contributed by atoms with Crippen LogP contribution in [0.5, 0.6) is 0 Å². The summed E-state index contributed by atoms with van der Waals surface area (Å²) < 4.78 is 13.1. The van der Waals surface area contributed by atoms with Crippen molar-refractivity contribution in [3.05, 3.63) is 249 Å². The average Bonchev–Trinajstić information content (AvgIpc) is 4.00. The van der Waals surface area contributed by atoms with E-state index in [0.717, 1.165) is 105 Å². The van der Waals surface area contributed by atoms with Gasteiger partial charge in [0, 0.05) is 55.0 Å². The number of rotatable bonds is 7. The van der Waals surface area contributed by atoms with Crippen molar-refractivity contribution in [1.29, 1.82) is 0 Å². The van der Waals surface area contributed by atoms with E-state index in [0.29, 0.717) is 0 Å². The standard InChI is InChI=1S/C66H41NO2/c1-4-19-51-43(14-1)34-39-52(64(51)60-27-13-26-59-57-23-8-10-29-63(57)69-66(59)60)44-32-37-49(38-33-44)67(61-41-47-15-2-3-18-50(47)54-20-5-6-21-55(54)61)48-35-30-42(31-36-48)45-16-11-17-46(40-45)53-24-12-25-58-56-22-7-9-28-62(56)68-65(53)58/h1-41H. The van der Waals surface area contributed by atoms with Gasteiger partial charge in [0.05, 0.1) is 5.69 Å². The number of hydrogen-bond donors (Lipinski definition) is 0.